The summed E-state index contributed by atoms with van der Waals surface area (Å²) in [5, 5.41) is 14.4. The van der Waals surface area contributed by atoms with E-state index in [4.69, 9.17) is 4.74 Å². The molecule has 0 aliphatic carbocycles. The van der Waals surface area contributed by atoms with Crippen LogP contribution in [-0.4, -0.2) is 29.2 Å². The zero-order valence-electron chi connectivity index (χ0n) is 12.4. The molecule has 5 nitrogen and oxygen atoms in total. The number of hydrogen-bond acceptors (Lipinski definition) is 3. The molecule has 2 unspecified atom stereocenters. The first-order chi connectivity index (χ1) is 11.1. The van der Waals surface area contributed by atoms with E-state index in [0.717, 1.165) is 23.6 Å². The molecule has 2 aromatic carbocycles. The highest BCUT2D eigenvalue weighted by Crippen LogP contribution is 2.44. The van der Waals surface area contributed by atoms with Crippen LogP contribution in [0, 0.1) is 11.8 Å². The number of carbonyl (C=O) groups excluding carboxylic acids is 1. The topological polar surface area (TPSA) is 75.6 Å². The number of hydrogen-bond donors (Lipinski definition) is 2. The van der Waals surface area contributed by atoms with Gasteiger partial charge in [-0.2, -0.15) is 0 Å². The van der Waals surface area contributed by atoms with E-state index >= 15 is 0 Å². The molecule has 4 rings (SSSR count). The van der Waals surface area contributed by atoms with Crippen LogP contribution in [0.2, 0.25) is 0 Å². The van der Waals surface area contributed by atoms with Gasteiger partial charge in [-0.25, -0.2) is 0 Å². The summed E-state index contributed by atoms with van der Waals surface area (Å²) in [6.45, 7) is 0. The van der Waals surface area contributed by atoms with E-state index < -0.39 is 17.8 Å². The quantitative estimate of drug-likeness (QED) is 0.914. The Hall–Kier alpha value is -2.40. The van der Waals surface area contributed by atoms with Crippen LogP contribution >= 0.6 is 0 Å². The van der Waals surface area contributed by atoms with Gasteiger partial charge in [-0.1, -0.05) is 30.3 Å². The summed E-state index contributed by atoms with van der Waals surface area (Å²) in [4.78, 5) is 24.1. The number of nitrogens with one attached hydrogen (secondary N) is 1. The molecule has 4 atom stereocenters. The second-order valence-corrected chi connectivity index (χ2v) is 6.23. The Labute approximate surface area is 133 Å². The Morgan fingerprint density at radius 1 is 1.00 bits per heavy atom. The summed E-state index contributed by atoms with van der Waals surface area (Å²) < 4.78 is 5.65. The summed E-state index contributed by atoms with van der Waals surface area (Å²) in [6.07, 6.45) is 0.873. The fraction of sp³-hybridized carbons (Fsp3) is 0.333. The maximum absolute atomic E-state index is 12.6. The fourth-order valence-corrected chi connectivity index (χ4v) is 3.82. The van der Waals surface area contributed by atoms with Crippen molar-refractivity contribution in [3.05, 3.63) is 42.5 Å². The lowest BCUT2D eigenvalue weighted by Gasteiger charge is -2.23. The van der Waals surface area contributed by atoms with Crippen LogP contribution in [0.15, 0.2) is 42.5 Å². The lowest BCUT2D eigenvalue weighted by atomic mass is 9.78. The number of benzene rings is 2. The largest absolute Gasteiger partial charge is 0.481 e. The van der Waals surface area contributed by atoms with Gasteiger partial charge in [0.05, 0.1) is 24.0 Å². The van der Waals surface area contributed by atoms with Crippen molar-refractivity contribution in [3.63, 3.8) is 0 Å². The number of anilines is 1. The Morgan fingerprint density at radius 3 is 2.43 bits per heavy atom. The maximum Gasteiger partial charge on any atom is 0.310 e. The summed E-state index contributed by atoms with van der Waals surface area (Å²) in [6, 6.07) is 13.6. The van der Waals surface area contributed by atoms with Crippen LogP contribution in [0.1, 0.15) is 12.8 Å². The molecular weight excluding hydrogens is 294 g/mol. The van der Waals surface area contributed by atoms with Crippen molar-refractivity contribution >= 4 is 28.3 Å². The third kappa shape index (κ3) is 2.37. The molecule has 23 heavy (non-hydrogen) atoms. The summed E-state index contributed by atoms with van der Waals surface area (Å²) >= 11 is 0. The summed E-state index contributed by atoms with van der Waals surface area (Å²) in [5.41, 5.74) is 0.681. The van der Waals surface area contributed by atoms with Gasteiger partial charge in [-0.15, -0.1) is 0 Å². The van der Waals surface area contributed by atoms with Gasteiger partial charge in [0.15, 0.2) is 0 Å². The highest BCUT2D eigenvalue weighted by Gasteiger charge is 2.55. The van der Waals surface area contributed by atoms with Crippen LogP contribution in [0.3, 0.4) is 0 Å². The predicted molar refractivity (Wildman–Crippen MR) is 85.1 cm³/mol. The first-order valence-corrected chi connectivity index (χ1v) is 7.81. The normalized spacial score (nSPS) is 28.9. The van der Waals surface area contributed by atoms with E-state index in [2.05, 4.69) is 5.32 Å². The minimum absolute atomic E-state index is 0.264. The molecule has 2 heterocycles. The molecule has 2 N–H and O–H groups in total. The van der Waals surface area contributed by atoms with Gasteiger partial charge in [0.25, 0.3) is 0 Å². The van der Waals surface area contributed by atoms with E-state index in [-0.39, 0.29) is 18.1 Å². The van der Waals surface area contributed by atoms with Crippen molar-refractivity contribution in [3.8, 4) is 0 Å². The molecule has 118 valence electrons. The van der Waals surface area contributed by atoms with Crippen molar-refractivity contribution < 1.29 is 19.4 Å². The number of amides is 1. The van der Waals surface area contributed by atoms with Crippen molar-refractivity contribution in [1.82, 2.24) is 0 Å². The van der Waals surface area contributed by atoms with Crippen LogP contribution in [0.25, 0.3) is 10.8 Å². The van der Waals surface area contributed by atoms with Crippen molar-refractivity contribution in [2.24, 2.45) is 11.8 Å². The Balaban J connectivity index is 1.57. The first-order valence-electron chi connectivity index (χ1n) is 7.81. The molecule has 0 spiro atoms. The number of aliphatic carboxylic acids is 1. The molecule has 0 aromatic heterocycles. The highest BCUT2D eigenvalue weighted by atomic mass is 16.5. The number of carboxylic acids is 1. The predicted octanol–water partition coefficient (Wildman–Crippen LogP) is 2.66. The van der Waals surface area contributed by atoms with Crippen LogP contribution in [0.4, 0.5) is 5.69 Å². The Morgan fingerprint density at radius 2 is 1.70 bits per heavy atom. The van der Waals surface area contributed by atoms with Gasteiger partial charge in [0.2, 0.25) is 5.91 Å². The Bertz CT molecular complexity index is 787. The van der Waals surface area contributed by atoms with E-state index in [1.165, 1.54) is 0 Å². The molecule has 2 aliphatic rings. The minimum atomic E-state index is -0.948. The lowest BCUT2D eigenvalue weighted by Crippen LogP contribution is -2.40. The smallest absolute Gasteiger partial charge is 0.310 e. The van der Waals surface area contributed by atoms with Crippen LogP contribution in [-0.2, 0) is 14.3 Å². The SMILES string of the molecule is O=C(O)C1C(C(=O)Nc2ccc3ccccc3c2)[C@H]2CC[C@@H]1O2. The van der Waals surface area contributed by atoms with Crippen molar-refractivity contribution in [1.29, 1.82) is 0 Å². The van der Waals surface area contributed by atoms with Gasteiger partial charge < -0.3 is 15.2 Å². The number of rotatable bonds is 3. The molecule has 2 fully saturated rings. The zero-order valence-corrected chi connectivity index (χ0v) is 12.4. The molecule has 5 heteroatoms. The Kier molecular flexibility index (Phi) is 3.31. The van der Waals surface area contributed by atoms with E-state index in [1.807, 2.05) is 42.5 Å². The number of carboxylic acid groups (broad SMARTS) is 1. The van der Waals surface area contributed by atoms with E-state index in [1.54, 1.807) is 0 Å². The van der Waals surface area contributed by atoms with Crippen LogP contribution < -0.4 is 5.32 Å². The third-order valence-electron chi connectivity index (χ3n) is 4.88. The average Bonchev–Trinajstić information content (AvgIpc) is 3.15. The molecule has 0 radical (unpaired) electrons. The van der Waals surface area contributed by atoms with Crippen molar-refractivity contribution in [2.75, 3.05) is 5.32 Å². The molecule has 2 saturated heterocycles. The third-order valence-corrected chi connectivity index (χ3v) is 4.88. The van der Waals surface area contributed by atoms with Gasteiger partial charge in [-0.3, -0.25) is 9.59 Å². The monoisotopic (exact) mass is 311 g/mol. The summed E-state index contributed by atoms with van der Waals surface area (Å²) in [7, 11) is 0. The second kappa shape index (κ2) is 5.35. The molecule has 2 bridgehead atoms. The van der Waals surface area contributed by atoms with Gasteiger partial charge in [-0.05, 0) is 35.7 Å². The van der Waals surface area contributed by atoms with Gasteiger partial charge in [0, 0.05) is 5.69 Å². The molecule has 2 aliphatic heterocycles. The fourth-order valence-electron chi connectivity index (χ4n) is 3.82. The standard InChI is InChI=1S/C18H17NO4/c20-17(15-13-7-8-14(23-13)16(15)18(21)22)19-12-6-5-10-3-1-2-4-11(10)9-12/h1-6,9,13-16H,7-8H2,(H,19,20)(H,21,22)/t13-,14+,15?,16?/m1/s1. The van der Waals surface area contributed by atoms with E-state index in [0.29, 0.717) is 5.69 Å². The average molecular weight is 311 g/mol. The lowest BCUT2D eigenvalue weighted by molar-refractivity contribution is -0.147. The number of fused-ring (bicyclic) bond motifs is 3. The zero-order chi connectivity index (χ0) is 16.0. The van der Waals surface area contributed by atoms with Gasteiger partial charge in [0.1, 0.15) is 0 Å². The number of ether oxygens (including phenoxy) is 1. The molecule has 0 saturated carbocycles. The highest BCUT2D eigenvalue weighted by molar-refractivity contribution is 5.98. The molecule has 1 amide bonds. The second-order valence-electron chi connectivity index (χ2n) is 6.23. The maximum atomic E-state index is 12.6. The number of carbonyl (C=O) groups is 2. The van der Waals surface area contributed by atoms with E-state index in [9.17, 15) is 14.7 Å². The van der Waals surface area contributed by atoms with Crippen LogP contribution in [0.5, 0.6) is 0 Å². The molecular formula is C18H17NO4. The first kappa shape index (κ1) is 14.2. The van der Waals surface area contributed by atoms with Crippen molar-refractivity contribution in [2.45, 2.75) is 25.0 Å². The van der Waals surface area contributed by atoms with Gasteiger partial charge >= 0.3 is 5.97 Å². The minimum Gasteiger partial charge on any atom is -0.481 e. The molecule has 2 aromatic rings. The summed E-state index contributed by atoms with van der Waals surface area (Å²) in [5.74, 6) is -2.57.